The number of nitrogens with zero attached hydrogens (tertiary/aromatic N) is 3. The number of aromatic amines is 1. The Kier molecular flexibility index (Phi) is 5.90. The molecule has 2 aromatic heterocycles. The minimum Gasteiger partial charge on any atom is -0.448 e. The molecular formula is C20H22N4O6S. The smallest absolute Gasteiger partial charge is 0.355 e. The molecule has 1 aliphatic heterocycles. The second kappa shape index (κ2) is 8.61. The molecule has 0 radical (unpaired) electrons. The van der Waals surface area contributed by atoms with Gasteiger partial charge < -0.3 is 18.9 Å². The van der Waals surface area contributed by atoms with Crippen LogP contribution < -0.4 is 0 Å². The van der Waals surface area contributed by atoms with Gasteiger partial charge in [-0.15, -0.1) is 10.2 Å². The number of rotatable bonds is 6. The number of esters is 1. The van der Waals surface area contributed by atoms with Crippen LogP contribution in [0.25, 0.3) is 11.5 Å². The molecule has 1 unspecified atom stereocenters. The summed E-state index contributed by atoms with van der Waals surface area (Å²) in [5, 5.41) is 7.94. The van der Waals surface area contributed by atoms with Gasteiger partial charge >= 0.3 is 5.97 Å². The van der Waals surface area contributed by atoms with Gasteiger partial charge in [-0.2, -0.15) is 4.31 Å². The third-order valence-electron chi connectivity index (χ3n) is 4.85. The molecule has 1 aliphatic rings. The number of benzene rings is 1. The van der Waals surface area contributed by atoms with Crippen molar-refractivity contribution in [3.05, 3.63) is 53.7 Å². The SMILES string of the molecule is Cc1ccc(-c2nnc(C(C)OC(=O)c3cc(S(=O)(=O)N4CCOCC4)c[nH]3)o2)cc1. The summed E-state index contributed by atoms with van der Waals surface area (Å²) >= 11 is 0. The number of morpholine rings is 1. The lowest BCUT2D eigenvalue weighted by Crippen LogP contribution is -2.40. The molecule has 0 aliphatic carbocycles. The fraction of sp³-hybridized carbons (Fsp3) is 0.350. The average Bonchev–Trinajstić information content (AvgIpc) is 3.46. The highest BCUT2D eigenvalue weighted by atomic mass is 32.2. The number of carbonyl (C=O) groups is 1. The number of hydrogen-bond donors (Lipinski definition) is 1. The molecule has 1 fully saturated rings. The lowest BCUT2D eigenvalue weighted by molar-refractivity contribution is 0.0273. The molecule has 4 rings (SSSR count). The van der Waals surface area contributed by atoms with Gasteiger partial charge in [0.05, 0.1) is 13.2 Å². The summed E-state index contributed by atoms with van der Waals surface area (Å²) in [6, 6.07) is 8.83. The van der Waals surface area contributed by atoms with E-state index >= 15 is 0 Å². The van der Waals surface area contributed by atoms with Crippen LogP contribution in [0, 0.1) is 6.92 Å². The Hall–Kier alpha value is -3.02. The zero-order chi connectivity index (χ0) is 22.0. The highest BCUT2D eigenvalue weighted by molar-refractivity contribution is 7.89. The first-order valence-electron chi connectivity index (χ1n) is 9.72. The zero-order valence-electron chi connectivity index (χ0n) is 17.1. The monoisotopic (exact) mass is 446 g/mol. The largest absolute Gasteiger partial charge is 0.448 e. The first kappa shape index (κ1) is 21.2. The number of aryl methyl sites for hydroxylation is 1. The number of nitrogens with one attached hydrogen (secondary N) is 1. The fourth-order valence-corrected chi connectivity index (χ4v) is 4.47. The number of aromatic nitrogens is 3. The molecule has 1 aromatic carbocycles. The third kappa shape index (κ3) is 4.53. The third-order valence-corrected chi connectivity index (χ3v) is 6.73. The molecule has 0 bridgehead atoms. The molecular weight excluding hydrogens is 424 g/mol. The first-order valence-corrected chi connectivity index (χ1v) is 11.2. The van der Waals surface area contributed by atoms with Crippen molar-refractivity contribution in [2.24, 2.45) is 0 Å². The van der Waals surface area contributed by atoms with Crippen LogP contribution in [0.2, 0.25) is 0 Å². The Morgan fingerprint density at radius 3 is 2.61 bits per heavy atom. The van der Waals surface area contributed by atoms with Gasteiger partial charge in [0.2, 0.25) is 15.9 Å². The Balaban J connectivity index is 1.43. The number of carbonyl (C=O) groups excluding carboxylic acids is 1. The highest BCUT2D eigenvalue weighted by Crippen LogP contribution is 2.24. The van der Waals surface area contributed by atoms with Crippen molar-refractivity contribution >= 4 is 16.0 Å². The lowest BCUT2D eigenvalue weighted by Gasteiger charge is -2.25. The second-order valence-electron chi connectivity index (χ2n) is 7.12. The van der Waals surface area contributed by atoms with Gasteiger partial charge in [-0.05, 0) is 32.0 Å². The van der Waals surface area contributed by atoms with E-state index in [-0.39, 0.29) is 29.6 Å². The summed E-state index contributed by atoms with van der Waals surface area (Å²) in [6.07, 6.45) is 0.454. The Morgan fingerprint density at radius 1 is 1.19 bits per heavy atom. The minimum atomic E-state index is -3.71. The van der Waals surface area contributed by atoms with Crippen molar-refractivity contribution in [1.82, 2.24) is 19.5 Å². The van der Waals surface area contributed by atoms with Crippen molar-refractivity contribution < 1.29 is 27.1 Å². The van der Waals surface area contributed by atoms with Gasteiger partial charge in [-0.25, -0.2) is 13.2 Å². The van der Waals surface area contributed by atoms with E-state index < -0.39 is 22.1 Å². The molecule has 31 heavy (non-hydrogen) atoms. The summed E-state index contributed by atoms with van der Waals surface area (Å²) in [6.45, 7) is 4.78. The van der Waals surface area contributed by atoms with E-state index in [9.17, 15) is 13.2 Å². The standard InChI is InChI=1S/C20H22N4O6S/c1-13-3-5-15(6-4-13)19-23-22-18(30-19)14(2)29-20(25)17-11-16(12-21-17)31(26,27)24-7-9-28-10-8-24/h3-6,11-12,14,21H,7-10H2,1-2H3. The molecule has 3 heterocycles. The molecule has 10 nitrogen and oxygen atoms in total. The van der Waals surface area contributed by atoms with E-state index in [1.807, 2.05) is 31.2 Å². The molecule has 0 saturated carbocycles. The van der Waals surface area contributed by atoms with Gasteiger partial charge in [-0.3, -0.25) is 0 Å². The highest BCUT2D eigenvalue weighted by Gasteiger charge is 2.29. The maximum absolute atomic E-state index is 12.7. The molecule has 0 spiro atoms. The second-order valence-corrected chi connectivity index (χ2v) is 9.06. The van der Waals surface area contributed by atoms with E-state index in [4.69, 9.17) is 13.9 Å². The van der Waals surface area contributed by atoms with Crippen molar-refractivity contribution in [3.8, 4) is 11.5 Å². The van der Waals surface area contributed by atoms with Gasteiger partial charge in [0.15, 0.2) is 6.10 Å². The lowest BCUT2D eigenvalue weighted by atomic mass is 10.1. The van der Waals surface area contributed by atoms with Crippen LogP contribution in [0.4, 0.5) is 0 Å². The summed E-state index contributed by atoms with van der Waals surface area (Å²) in [4.78, 5) is 15.1. The summed E-state index contributed by atoms with van der Waals surface area (Å²) in [7, 11) is -3.71. The topological polar surface area (TPSA) is 128 Å². The van der Waals surface area contributed by atoms with E-state index in [2.05, 4.69) is 15.2 Å². The number of H-pyrrole nitrogens is 1. The normalized spacial score (nSPS) is 16.2. The number of ether oxygens (including phenoxy) is 2. The maximum Gasteiger partial charge on any atom is 0.355 e. The minimum absolute atomic E-state index is 0.00606. The van der Waals surface area contributed by atoms with Crippen LogP contribution >= 0.6 is 0 Å². The van der Waals surface area contributed by atoms with Gasteiger partial charge in [0.1, 0.15) is 10.6 Å². The zero-order valence-corrected chi connectivity index (χ0v) is 17.9. The van der Waals surface area contributed by atoms with E-state index in [0.29, 0.717) is 19.1 Å². The Labute approximate surface area is 179 Å². The first-order chi connectivity index (χ1) is 14.8. The quantitative estimate of drug-likeness (QED) is 0.572. The van der Waals surface area contributed by atoms with Crippen molar-refractivity contribution in [1.29, 1.82) is 0 Å². The molecule has 0 amide bonds. The van der Waals surface area contributed by atoms with Crippen molar-refractivity contribution in [2.75, 3.05) is 26.3 Å². The van der Waals surface area contributed by atoms with E-state index in [1.165, 1.54) is 16.6 Å². The number of hydrogen-bond acceptors (Lipinski definition) is 8. The Morgan fingerprint density at radius 2 is 1.90 bits per heavy atom. The van der Waals surface area contributed by atoms with Gasteiger partial charge in [-0.1, -0.05) is 17.7 Å². The molecule has 3 aromatic rings. The summed E-state index contributed by atoms with van der Waals surface area (Å²) < 4.78 is 42.9. The van der Waals surface area contributed by atoms with Crippen LogP contribution in [0.5, 0.6) is 0 Å². The van der Waals surface area contributed by atoms with Crippen LogP contribution in [-0.2, 0) is 19.5 Å². The van der Waals surface area contributed by atoms with Crippen LogP contribution in [0.3, 0.4) is 0 Å². The van der Waals surface area contributed by atoms with Crippen molar-refractivity contribution in [3.63, 3.8) is 0 Å². The predicted octanol–water partition coefficient (Wildman–Crippen LogP) is 2.31. The molecule has 164 valence electrons. The Bertz CT molecular complexity index is 1160. The number of sulfonamides is 1. The maximum atomic E-state index is 12.7. The molecule has 1 N–H and O–H groups in total. The predicted molar refractivity (Wildman–Crippen MR) is 109 cm³/mol. The van der Waals surface area contributed by atoms with Crippen LogP contribution in [0.15, 0.2) is 45.8 Å². The molecule has 1 atom stereocenters. The van der Waals surface area contributed by atoms with Crippen LogP contribution in [-0.4, -0.2) is 60.2 Å². The van der Waals surface area contributed by atoms with Crippen molar-refractivity contribution in [2.45, 2.75) is 24.8 Å². The van der Waals surface area contributed by atoms with E-state index in [0.717, 1.165) is 11.1 Å². The average molecular weight is 446 g/mol. The van der Waals surface area contributed by atoms with E-state index in [1.54, 1.807) is 6.92 Å². The molecule has 11 heteroatoms. The summed E-state index contributed by atoms with van der Waals surface area (Å²) in [5.41, 5.74) is 1.87. The fourth-order valence-electron chi connectivity index (χ4n) is 3.06. The van der Waals surface area contributed by atoms with Gasteiger partial charge in [0, 0.05) is 24.8 Å². The summed E-state index contributed by atoms with van der Waals surface area (Å²) in [5.74, 6) is -0.278. The molecule has 1 saturated heterocycles. The van der Waals surface area contributed by atoms with Gasteiger partial charge in [0.25, 0.3) is 5.89 Å². The van der Waals surface area contributed by atoms with Crippen LogP contribution in [0.1, 0.15) is 35.0 Å².